The SMILES string of the molecule is Cc1nn(C)c(C)c1-c1cc(C(=O)N(C)Cc2ccc(OC(F)F)cc2)[nH]n1. The maximum atomic E-state index is 12.7. The van der Waals surface area contributed by atoms with E-state index in [9.17, 15) is 13.6 Å². The number of amides is 1. The predicted octanol–water partition coefficient (Wildman–Crippen LogP) is 3.30. The topological polar surface area (TPSA) is 76.0 Å². The van der Waals surface area contributed by atoms with Gasteiger partial charge in [0.25, 0.3) is 5.91 Å². The standard InChI is InChI=1S/C19H21F2N5O2/c1-11-17(12(2)26(4)24-11)15-9-16(23-22-15)18(27)25(3)10-13-5-7-14(8-6-13)28-19(20)21/h5-9,19H,10H2,1-4H3,(H,22,23). The minimum Gasteiger partial charge on any atom is -0.435 e. The Morgan fingerprint density at radius 2 is 1.96 bits per heavy atom. The number of aromatic amines is 1. The summed E-state index contributed by atoms with van der Waals surface area (Å²) in [6, 6.07) is 7.88. The first kappa shape index (κ1) is 19.5. The number of aryl methyl sites for hydroxylation is 2. The van der Waals surface area contributed by atoms with Crippen molar-refractivity contribution in [2.45, 2.75) is 27.0 Å². The molecule has 0 saturated carbocycles. The van der Waals surface area contributed by atoms with Gasteiger partial charge in [-0.25, -0.2) is 0 Å². The number of carbonyl (C=O) groups is 1. The minimum atomic E-state index is -2.86. The lowest BCUT2D eigenvalue weighted by molar-refractivity contribution is -0.0498. The predicted molar refractivity (Wildman–Crippen MR) is 99.1 cm³/mol. The van der Waals surface area contributed by atoms with Crippen LogP contribution in [0.3, 0.4) is 0 Å². The molecular formula is C19H21F2N5O2. The molecule has 0 aliphatic heterocycles. The second-order valence-electron chi connectivity index (χ2n) is 6.52. The molecular weight excluding hydrogens is 368 g/mol. The molecule has 2 aromatic heterocycles. The Bertz CT molecular complexity index is 979. The Balaban J connectivity index is 1.71. The molecule has 0 aliphatic rings. The number of rotatable bonds is 6. The fourth-order valence-electron chi connectivity index (χ4n) is 3.03. The minimum absolute atomic E-state index is 0.0770. The van der Waals surface area contributed by atoms with Gasteiger partial charge in [-0.3, -0.25) is 14.6 Å². The molecule has 0 radical (unpaired) electrons. The third-order valence-corrected chi connectivity index (χ3v) is 4.49. The highest BCUT2D eigenvalue weighted by atomic mass is 19.3. The maximum Gasteiger partial charge on any atom is 0.387 e. The molecule has 2 heterocycles. The third-order valence-electron chi connectivity index (χ3n) is 4.49. The zero-order valence-electron chi connectivity index (χ0n) is 16.0. The number of ether oxygens (including phenoxy) is 1. The number of aromatic nitrogens is 4. The number of alkyl halides is 2. The highest BCUT2D eigenvalue weighted by Crippen LogP contribution is 2.25. The fourth-order valence-corrected chi connectivity index (χ4v) is 3.03. The number of H-pyrrole nitrogens is 1. The van der Waals surface area contributed by atoms with Crippen LogP contribution in [0.4, 0.5) is 8.78 Å². The van der Waals surface area contributed by atoms with Crippen molar-refractivity contribution in [2.24, 2.45) is 7.05 Å². The monoisotopic (exact) mass is 389 g/mol. The van der Waals surface area contributed by atoms with Crippen molar-refractivity contribution < 1.29 is 18.3 Å². The normalized spacial score (nSPS) is 11.1. The zero-order valence-corrected chi connectivity index (χ0v) is 16.0. The Morgan fingerprint density at radius 1 is 1.29 bits per heavy atom. The second kappa shape index (κ2) is 7.79. The van der Waals surface area contributed by atoms with Crippen LogP contribution in [0.15, 0.2) is 30.3 Å². The Hall–Kier alpha value is -3.23. The van der Waals surface area contributed by atoms with Crippen molar-refractivity contribution >= 4 is 5.91 Å². The Kier molecular flexibility index (Phi) is 5.43. The van der Waals surface area contributed by atoms with E-state index in [1.165, 1.54) is 17.0 Å². The van der Waals surface area contributed by atoms with Crippen molar-refractivity contribution in [3.8, 4) is 17.0 Å². The lowest BCUT2D eigenvalue weighted by Gasteiger charge is -2.16. The molecule has 9 heteroatoms. The van der Waals surface area contributed by atoms with Crippen molar-refractivity contribution in [1.82, 2.24) is 24.9 Å². The first-order valence-corrected chi connectivity index (χ1v) is 8.61. The van der Waals surface area contributed by atoms with E-state index in [2.05, 4.69) is 20.0 Å². The smallest absolute Gasteiger partial charge is 0.387 e. The average Bonchev–Trinajstić information content (AvgIpc) is 3.20. The molecule has 0 aliphatic carbocycles. The van der Waals surface area contributed by atoms with Gasteiger partial charge < -0.3 is 9.64 Å². The highest BCUT2D eigenvalue weighted by Gasteiger charge is 2.19. The first-order chi connectivity index (χ1) is 13.3. The number of benzene rings is 1. The van der Waals surface area contributed by atoms with E-state index in [4.69, 9.17) is 0 Å². The summed E-state index contributed by atoms with van der Waals surface area (Å²) in [5.74, 6) is -0.154. The summed E-state index contributed by atoms with van der Waals surface area (Å²) in [5.41, 5.74) is 4.50. The van der Waals surface area contributed by atoms with Gasteiger partial charge in [0.05, 0.1) is 11.4 Å². The molecule has 0 spiro atoms. The van der Waals surface area contributed by atoms with Crippen LogP contribution in [0.2, 0.25) is 0 Å². The average molecular weight is 389 g/mol. The van der Waals surface area contributed by atoms with Crippen LogP contribution in [0.25, 0.3) is 11.3 Å². The second-order valence-corrected chi connectivity index (χ2v) is 6.52. The number of hydrogen-bond acceptors (Lipinski definition) is 4. The van der Waals surface area contributed by atoms with E-state index >= 15 is 0 Å². The van der Waals surface area contributed by atoms with E-state index in [1.807, 2.05) is 20.9 Å². The Labute approximate surface area is 160 Å². The lowest BCUT2D eigenvalue weighted by Crippen LogP contribution is -2.26. The van der Waals surface area contributed by atoms with Crippen LogP contribution in [0.1, 0.15) is 27.4 Å². The van der Waals surface area contributed by atoms with Gasteiger partial charge in [0.2, 0.25) is 0 Å². The van der Waals surface area contributed by atoms with E-state index < -0.39 is 6.61 Å². The molecule has 0 bridgehead atoms. The molecule has 1 amide bonds. The van der Waals surface area contributed by atoms with Gasteiger partial charge in [-0.15, -0.1) is 0 Å². The molecule has 0 saturated heterocycles. The molecule has 1 N–H and O–H groups in total. The van der Waals surface area contributed by atoms with Crippen LogP contribution in [-0.2, 0) is 13.6 Å². The zero-order chi connectivity index (χ0) is 20.4. The number of halogens is 2. The summed E-state index contributed by atoms with van der Waals surface area (Å²) >= 11 is 0. The van der Waals surface area contributed by atoms with Crippen LogP contribution in [0.5, 0.6) is 5.75 Å². The molecule has 28 heavy (non-hydrogen) atoms. The number of nitrogens with zero attached hydrogens (tertiary/aromatic N) is 4. The van der Waals surface area contributed by atoms with Gasteiger partial charge >= 0.3 is 6.61 Å². The van der Waals surface area contributed by atoms with Gasteiger partial charge in [-0.05, 0) is 37.6 Å². The molecule has 7 nitrogen and oxygen atoms in total. The summed E-state index contributed by atoms with van der Waals surface area (Å²) in [4.78, 5) is 14.2. The summed E-state index contributed by atoms with van der Waals surface area (Å²) < 4.78 is 30.5. The molecule has 3 aromatic rings. The van der Waals surface area contributed by atoms with Gasteiger partial charge in [-0.1, -0.05) is 12.1 Å². The van der Waals surface area contributed by atoms with Crippen molar-refractivity contribution in [3.63, 3.8) is 0 Å². The van der Waals surface area contributed by atoms with E-state index in [-0.39, 0.29) is 11.7 Å². The lowest BCUT2D eigenvalue weighted by atomic mass is 10.1. The molecule has 0 atom stereocenters. The van der Waals surface area contributed by atoms with E-state index in [0.29, 0.717) is 17.9 Å². The fraction of sp³-hybridized carbons (Fsp3) is 0.316. The van der Waals surface area contributed by atoms with Gasteiger partial charge in [0.1, 0.15) is 11.4 Å². The van der Waals surface area contributed by atoms with Gasteiger partial charge in [0.15, 0.2) is 0 Å². The van der Waals surface area contributed by atoms with Gasteiger partial charge in [-0.2, -0.15) is 19.0 Å². The molecule has 0 fully saturated rings. The highest BCUT2D eigenvalue weighted by molar-refractivity contribution is 5.93. The first-order valence-electron chi connectivity index (χ1n) is 8.61. The summed E-state index contributed by atoms with van der Waals surface area (Å²) in [7, 11) is 3.52. The molecule has 3 rings (SSSR count). The van der Waals surface area contributed by atoms with Crippen LogP contribution < -0.4 is 4.74 Å². The third kappa shape index (κ3) is 4.03. The largest absolute Gasteiger partial charge is 0.435 e. The molecule has 0 unspecified atom stereocenters. The van der Waals surface area contributed by atoms with Crippen molar-refractivity contribution in [1.29, 1.82) is 0 Å². The molecule has 148 valence electrons. The van der Waals surface area contributed by atoms with Crippen LogP contribution >= 0.6 is 0 Å². The van der Waals surface area contributed by atoms with Crippen LogP contribution in [0, 0.1) is 13.8 Å². The van der Waals surface area contributed by atoms with E-state index in [1.54, 1.807) is 29.9 Å². The van der Waals surface area contributed by atoms with Crippen molar-refractivity contribution in [3.05, 3.63) is 53.0 Å². The Morgan fingerprint density at radius 3 is 2.54 bits per heavy atom. The van der Waals surface area contributed by atoms with Gasteiger partial charge in [0, 0.05) is 31.9 Å². The number of nitrogens with one attached hydrogen (secondary N) is 1. The van der Waals surface area contributed by atoms with Crippen molar-refractivity contribution in [2.75, 3.05) is 7.05 Å². The quantitative estimate of drug-likeness (QED) is 0.702. The summed E-state index contributed by atoms with van der Waals surface area (Å²) in [5, 5.41) is 11.4. The number of hydrogen-bond donors (Lipinski definition) is 1. The number of carbonyl (C=O) groups excluding carboxylic acids is 1. The maximum absolute atomic E-state index is 12.7. The summed E-state index contributed by atoms with van der Waals surface area (Å²) in [6.45, 7) is 1.29. The van der Waals surface area contributed by atoms with E-state index in [0.717, 1.165) is 22.5 Å². The summed E-state index contributed by atoms with van der Waals surface area (Å²) in [6.07, 6.45) is 0. The van der Waals surface area contributed by atoms with Crippen LogP contribution in [-0.4, -0.2) is 44.4 Å². The molecule has 1 aromatic carbocycles.